The van der Waals surface area contributed by atoms with Gasteiger partial charge in [-0.3, -0.25) is 0 Å². The molecule has 0 aromatic carbocycles. The van der Waals surface area contributed by atoms with Crippen LogP contribution in [0.15, 0.2) is 0 Å². The summed E-state index contributed by atoms with van der Waals surface area (Å²) in [5.74, 6) is 0. The standard InChI is InChI=1S/C17H32N2O2S/c1-17(2,3)21-16(20)19-13-7-5-6-12(10-13)18-14-8-9-15(11-14)22-4/h12-15,18H,5-11H2,1-4H3,(H,19,20). The van der Waals surface area contributed by atoms with E-state index in [9.17, 15) is 4.79 Å². The lowest BCUT2D eigenvalue weighted by atomic mass is 9.90. The topological polar surface area (TPSA) is 50.4 Å². The van der Waals surface area contributed by atoms with E-state index in [0.717, 1.165) is 18.1 Å². The zero-order valence-electron chi connectivity index (χ0n) is 14.5. The maximum atomic E-state index is 11.9. The third kappa shape index (κ3) is 5.99. The number of hydrogen-bond acceptors (Lipinski definition) is 4. The van der Waals surface area contributed by atoms with Gasteiger partial charge in [0.25, 0.3) is 0 Å². The molecule has 1 amide bonds. The highest BCUT2D eigenvalue weighted by Gasteiger charge is 2.29. The van der Waals surface area contributed by atoms with Gasteiger partial charge in [-0.1, -0.05) is 0 Å². The Hall–Kier alpha value is -0.420. The van der Waals surface area contributed by atoms with E-state index in [1.54, 1.807) is 0 Å². The van der Waals surface area contributed by atoms with E-state index < -0.39 is 5.60 Å². The van der Waals surface area contributed by atoms with Gasteiger partial charge in [0.05, 0.1) is 0 Å². The average molecular weight is 329 g/mol. The van der Waals surface area contributed by atoms with Crippen LogP contribution in [0, 0.1) is 0 Å². The number of amides is 1. The number of carbonyl (C=O) groups excluding carboxylic acids is 1. The number of ether oxygens (including phenoxy) is 1. The molecule has 0 heterocycles. The number of nitrogens with one attached hydrogen (secondary N) is 2. The molecule has 2 aliphatic carbocycles. The fourth-order valence-corrected chi connectivity index (χ4v) is 4.38. The lowest BCUT2D eigenvalue weighted by Crippen LogP contribution is -2.47. The molecule has 22 heavy (non-hydrogen) atoms. The van der Waals surface area contributed by atoms with Crippen LogP contribution in [0.5, 0.6) is 0 Å². The minimum atomic E-state index is -0.424. The second-order valence-corrected chi connectivity index (χ2v) is 8.88. The molecule has 2 rings (SSSR count). The minimum absolute atomic E-state index is 0.249. The number of thioether (sulfide) groups is 1. The summed E-state index contributed by atoms with van der Waals surface area (Å²) in [6.45, 7) is 5.71. The Morgan fingerprint density at radius 3 is 2.36 bits per heavy atom. The van der Waals surface area contributed by atoms with Gasteiger partial charge in [0.15, 0.2) is 0 Å². The van der Waals surface area contributed by atoms with E-state index in [1.807, 2.05) is 32.5 Å². The smallest absolute Gasteiger partial charge is 0.407 e. The molecule has 0 aromatic rings. The van der Waals surface area contributed by atoms with Crippen molar-refractivity contribution in [1.82, 2.24) is 10.6 Å². The van der Waals surface area contributed by atoms with Crippen molar-refractivity contribution in [2.45, 2.75) is 94.7 Å². The molecule has 2 N–H and O–H groups in total. The second kappa shape index (κ2) is 7.91. The van der Waals surface area contributed by atoms with Crippen molar-refractivity contribution in [3.8, 4) is 0 Å². The predicted octanol–water partition coefficient (Wildman–Crippen LogP) is 3.70. The molecule has 4 atom stereocenters. The molecule has 128 valence electrons. The summed E-state index contributed by atoms with van der Waals surface area (Å²) in [4.78, 5) is 11.9. The third-order valence-electron chi connectivity index (χ3n) is 4.58. The fourth-order valence-electron chi connectivity index (χ4n) is 3.59. The van der Waals surface area contributed by atoms with Crippen molar-refractivity contribution in [3.63, 3.8) is 0 Å². The Labute approximate surface area is 139 Å². The zero-order chi connectivity index (χ0) is 16.2. The quantitative estimate of drug-likeness (QED) is 0.826. The van der Waals surface area contributed by atoms with Gasteiger partial charge in [0.1, 0.15) is 5.60 Å². The van der Waals surface area contributed by atoms with Crippen molar-refractivity contribution >= 4 is 17.9 Å². The first-order valence-electron chi connectivity index (χ1n) is 8.64. The normalized spacial score (nSPS) is 32.7. The zero-order valence-corrected chi connectivity index (χ0v) is 15.3. The highest BCUT2D eigenvalue weighted by molar-refractivity contribution is 7.99. The molecule has 0 saturated heterocycles. The molecule has 2 saturated carbocycles. The van der Waals surface area contributed by atoms with Crippen LogP contribution in [0.3, 0.4) is 0 Å². The van der Waals surface area contributed by atoms with Crippen LogP contribution in [-0.4, -0.2) is 41.3 Å². The third-order valence-corrected chi connectivity index (χ3v) is 5.68. The predicted molar refractivity (Wildman–Crippen MR) is 93.5 cm³/mol. The van der Waals surface area contributed by atoms with E-state index in [1.165, 1.54) is 32.1 Å². The van der Waals surface area contributed by atoms with Crippen LogP contribution < -0.4 is 10.6 Å². The van der Waals surface area contributed by atoms with Crippen LogP contribution in [0.1, 0.15) is 65.7 Å². The van der Waals surface area contributed by atoms with E-state index in [0.29, 0.717) is 12.1 Å². The van der Waals surface area contributed by atoms with Crippen LogP contribution in [0.2, 0.25) is 0 Å². The molecule has 0 aliphatic heterocycles. The van der Waals surface area contributed by atoms with Crippen LogP contribution in [0.25, 0.3) is 0 Å². The molecule has 0 radical (unpaired) electrons. The summed E-state index contributed by atoms with van der Waals surface area (Å²) < 4.78 is 5.36. The van der Waals surface area contributed by atoms with Gasteiger partial charge in [-0.05, 0) is 72.0 Å². The molecule has 0 spiro atoms. The molecule has 5 heteroatoms. The highest BCUT2D eigenvalue weighted by atomic mass is 32.2. The maximum Gasteiger partial charge on any atom is 0.407 e. The molecule has 0 aromatic heterocycles. The highest BCUT2D eigenvalue weighted by Crippen LogP contribution is 2.30. The Morgan fingerprint density at radius 2 is 1.73 bits per heavy atom. The lowest BCUT2D eigenvalue weighted by Gasteiger charge is -2.33. The van der Waals surface area contributed by atoms with Crippen molar-refractivity contribution in [3.05, 3.63) is 0 Å². The van der Waals surface area contributed by atoms with Crippen LogP contribution >= 0.6 is 11.8 Å². The SMILES string of the molecule is CSC1CCC(NC2CCCC(NC(=O)OC(C)(C)C)C2)C1. The van der Waals surface area contributed by atoms with E-state index in [-0.39, 0.29) is 12.1 Å². The number of alkyl carbamates (subject to hydrolysis) is 1. The van der Waals surface area contributed by atoms with Gasteiger partial charge < -0.3 is 15.4 Å². The first-order valence-corrected chi connectivity index (χ1v) is 9.93. The van der Waals surface area contributed by atoms with Gasteiger partial charge in [0, 0.05) is 23.4 Å². The van der Waals surface area contributed by atoms with Crippen molar-refractivity contribution in [2.24, 2.45) is 0 Å². The number of hydrogen-bond donors (Lipinski definition) is 2. The summed E-state index contributed by atoms with van der Waals surface area (Å²) in [5, 5.41) is 7.70. The van der Waals surface area contributed by atoms with Gasteiger partial charge >= 0.3 is 6.09 Å². The Bertz CT molecular complexity index is 370. The van der Waals surface area contributed by atoms with Crippen molar-refractivity contribution in [2.75, 3.05) is 6.26 Å². The van der Waals surface area contributed by atoms with E-state index >= 15 is 0 Å². The molecule has 2 aliphatic rings. The second-order valence-electron chi connectivity index (χ2n) is 7.74. The summed E-state index contributed by atoms with van der Waals surface area (Å²) in [6.07, 6.45) is 10.4. The van der Waals surface area contributed by atoms with Crippen molar-refractivity contribution < 1.29 is 9.53 Å². The monoisotopic (exact) mass is 328 g/mol. The fraction of sp³-hybridized carbons (Fsp3) is 0.941. The van der Waals surface area contributed by atoms with E-state index in [4.69, 9.17) is 4.74 Å². The van der Waals surface area contributed by atoms with E-state index in [2.05, 4.69) is 16.9 Å². The Kier molecular flexibility index (Phi) is 6.45. The van der Waals surface area contributed by atoms with Crippen LogP contribution in [0.4, 0.5) is 4.79 Å². The molecular weight excluding hydrogens is 296 g/mol. The molecular formula is C17H32N2O2S. The van der Waals surface area contributed by atoms with Gasteiger partial charge in [-0.25, -0.2) is 4.79 Å². The lowest BCUT2D eigenvalue weighted by molar-refractivity contribution is 0.0488. The maximum absolute atomic E-state index is 11.9. The van der Waals surface area contributed by atoms with Crippen LogP contribution in [-0.2, 0) is 4.74 Å². The first-order chi connectivity index (χ1) is 10.4. The van der Waals surface area contributed by atoms with Gasteiger partial charge in [-0.2, -0.15) is 11.8 Å². The minimum Gasteiger partial charge on any atom is -0.444 e. The summed E-state index contributed by atoms with van der Waals surface area (Å²) >= 11 is 2.00. The Morgan fingerprint density at radius 1 is 1.05 bits per heavy atom. The average Bonchev–Trinajstić information content (AvgIpc) is 2.84. The number of rotatable bonds is 4. The number of carbonyl (C=O) groups is 1. The van der Waals surface area contributed by atoms with Gasteiger partial charge in [0.2, 0.25) is 0 Å². The van der Waals surface area contributed by atoms with Crippen molar-refractivity contribution in [1.29, 1.82) is 0 Å². The molecule has 2 fully saturated rings. The largest absolute Gasteiger partial charge is 0.444 e. The first kappa shape index (κ1) is 17.9. The summed E-state index contributed by atoms with van der Waals surface area (Å²) in [5.41, 5.74) is -0.424. The molecule has 4 nitrogen and oxygen atoms in total. The molecule has 0 bridgehead atoms. The van der Waals surface area contributed by atoms with Gasteiger partial charge in [-0.15, -0.1) is 0 Å². The summed E-state index contributed by atoms with van der Waals surface area (Å²) in [6, 6.07) is 1.46. The summed E-state index contributed by atoms with van der Waals surface area (Å²) in [7, 11) is 0. The Balaban J connectivity index is 1.73. The molecule has 4 unspecified atom stereocenters.